The summed E-state index contributed by atoms with van der Waals surface area (Å²) in [7, 11) is -1.63. The van der Waals surface area contributed by atoms with E-state index in [0.29, 0.717) is 5.75 Å². The maximum atomic E-state index is 11.6. The highest BCUT2D eigenvalue weighted by molar-refractivity contribution is 8.33. The molecule has 32 heavy (non-hydrogen) atoms. The molecule has 5 nitrogen and oxygen atoms in total. The Bertz CT molecular complexity index is 1220. The van der Waals surface area contributed by atoms with Gasteiger partial charge in [0.25, 0.3) is 0 Å². The fourth-order valence-electron chi connectivity index (χ4n) is 3.59. The molecule has 0 unspecified atom stereocenters. The molecule has 4 rings (SSSR count). The zero-order valence-corrected chi connectivity index (χ0v) is 18.1. The predicted molar refractivity (Wildman–Crippen MR) is 124 cm³/mol. The summed E-state index contributed by atoms with van der Waals surface area (Å²) < 4.78 is 5.85. The number of benzene rings is 4. The van der Waals surface area contributed by atoms with Crippen LogP contribution in [0.25, 0.3) is 0 Å². The second kappa shape index (κ2) is 8.69. The Kier molecular flexibility index (Phi) is 5.79. The van der Waals surface area contributed by atoms with Gasteiger partial charge in [-0.15, -0.1) is 0 Å². The van der Waals surface area contributed by atoms with Crippen LogP contribution in [0.5, 0.6) is 23.0 Å². The minimum Gasteiger partial charge on any atom is -0.508 e. The molecule has 0 saturated heterocycles. The van der Waals surface area contributed by atoms with Gasteiger partial charge in [-0.25, -0.2) is 4.79 Å². The van der Waals surface area contributed by atoms with Gasteiger partial charge in [0.2, 0.25) is 0 Å². The molecule has 0 amide bonds. The molecule has 0 radical (unpaired) electrons. The molecule has 4 aromatic carbocycles. The zero-order valence-electron chi connectivity index (χ0n) is 17.3. The van der Waals surface area contributed by atoms with E-state index in [0.717, 1.165) is 11.0 Å². The number of phenols is 2. The van der Waals surface area contributed by atoms with E-state index in [1.54, 1.807) is 6.07 Å². The zero-order chi connectivity index (χ0) is 22.7. The molecule has 6 heteroatoms. The standard InChI is InChI=1S/C26H22O5S/c1-32(20-10-4-2-5-11-20,21-12-6-3-7-13-21)22-14-8-9-19(17-22)31-24-16-18(27)15-23(28)25(24)26(29)30/h2-17,27-28H,1H3,(H,29,30). The third kappa shape index (κ3) is 4.00. The van der Waals surface area contributed by atoms with Gasteiger partial charge in [-0.3, -0.25) is 0 Å². The van der Waals surface area contributed by atoms with Crippen LogP contribution in [0, 0.1) is 0 Å². The maximum absolute atomic E-state index is 11.6. The molecule has 0 aliphatic heterocycles. The lowest BCUT2D eigenvalue weighted by Crippen LogP contribution is -2.03. The molecule has 0 saturated carbocycles. The number of aromatic hydroxyl groups is 2. The Labute approximate surface area is 187 Å². The number of ether oxygens (including phenoxy) is 1. The lowest BCUT2D eigenvalue weighted by atomic mass is 10.1. The lowest BCUT2D eigenvalue weighted by molar-refractivity contribution is 0.0691. The van der Waals surface area contributed by atoms with E-state index in [1.807, 2.05) is 54.6 Å². The lowest BCUT2D eigenvalue weighted by Gasteiger charge is -2.37. The number of carboxylic acid groups (broad SMARTS) is 1. The number of rotatable bonds is 6. The van der Waals surface area contributed by atoms with Gasteiger partial charge in [0.05, 0.1) is 0 Å². The van der Waals surface area contributed by atoms with Crippen LogP contribution in [-0.4, -0.2) is 27.5 Å². The smallest absolute Gasteiger partial charge is 0.343 e. The topological polar surface area (TPSA) is 87.0 Å². The van der Waals surface area contributed by atoms with E-state index in [4.69, 9.17) is 4.74 Å². The fraction of sp³-hybridized carbons (Fsp3) is 0.0385. The van der Waals surface area contributed by atoms with Gasteiger partial charge in [-0.05, 0) is 58.5 Å². The van der Waals surface area contributed by atoms with Crippen molar-refractivity contribution in [2.45, 2.75) is 14.7 Å². The van der Waals surface area contributed by atoms with Crippen molar-refractivity contribution in [3.8, 4) is 23.0 Å². The van der Waals surface area contributed by atoms with Crippen LogP contribution in [0.15, 0.2) is 112 Å². The van der Waals surface area contributed by atoms with Gasteiger partial charge >= 0.3 is 5.97 Å². The van der Waals surface area contributed by atoms with Crippen molar-refractivity contribution >= 4 is 16.0 Å². The van der Waals surface area contributed by atoms with Crippen LogP contribution < -0.4 is 4.74 Å². The highest BCUT2D eigenvalue weighted by atomic mass is 32.3. The van der Waals surface area contributed by atoms with Crippen molar-refractivity contribution in [3.05, 3.63) is 103 Å². The molecule has 0 aromatic heterocycles. The van der Waals surface area contributed by atoms with Crippen LogP contribution in [0.2, 0.25) is 0 Å². The molecule has 0 bridgehead atoms. The largest absolute Gasteiger partial charge is 0.508 e. The molecule has 0 aliphatic rings. The first-order chi connectivity index (χ1) is 15.4. The van der Waals surface area contributed by atoms with E-state index in [-0.39, 0.29) is 11.5 Å². The molecule has 0 fully saturated rings. The number of phenolic OH excluding ortho intramolecular Hbond substituents is 1. The number of carboxylic acids is 1. The monoisotopic (exact) mass is 446 g/mol. The minimum atomic E-state index is -1.63. The van der Waals surface area contributed by atoms with Gasteiger partial charge < -0.3 is 20.1 Å². The van der Waals surface area contributed by atoms with Crippen LogP contribution >= 0.6 is 10.0 Å². The summed E-state index contributed by atoms with van der Waals surface area (Å²) in [6, 6.07) is 30.0. The number of aromatic carboxylic acids is 1. The molecule has 0 atom stereocenters. The summed E-state index contributed by atoms with van der Waals surface area (Å²) >= 11 is 0. The number of hydrogen-bond acceptors (Lipinski definition) is 4. The van der Waals surface area contributed by atoms with E-state index < -0.39 is 27.3 Å². The Morgan fingerprint density at radius 2 is 1.31 bits per heavy atom. The van der Waals surface area contributed by atoms with E-state index >= 15 is 0 Å². The Hall–Kier alpha value is -3.90. The fourth-order valence-corrected chi connectivity index (χ4v) is 6.52. The summed E-state index contributed by atoms with van der Waals surface area (Å²) in [6.07, 6.45) is 2.21. The SMILES string of the molecule is CS(c1ccccc1)(c1ccccc1)c1cccc(Oc2cc(O)cc(O)c2C(=O)O)c1. The van der Waals surface area contributed by atoms with Gasteiger partial charge in [-0.1, -0.05) is 42.5 Å². The van der Waals surface area contributed by atoms with Crippen LogP contribution in [-0.2, 0) is 0 Å². The average molecular weight is 447 g/mol. The third-order valence-corrected chi connectivity index (χ3v) is 8.84. The van der Waals surface area contributed by atoms with Crippen molar-refractivity contribution in [1.29, 1.82) is 0 Å². The minimum absolute atomic E-state index is 0.136. The number of carbonyl (C=O) groups is 1. The molecule has 4 aromatic rings. The van der Waals surface area contributed by atoms with Gasteiger partial charge in [-0.2, -0.15) is 10.0 Å². The highest BCUT2D eigenvalue weighted by Crippen LogP contribution is 2.65. The van der Waals surface area contributed by atoms with E-state index in [1.165, 1.54) is 15.9 Å². The Balaban J connectivity index is 1.83. The highest BCUT2D eigenvalue weighted by Gasteiger charge is 2.26. The molecular weight excluding hydrogens is 424 g/mol. The van der Waals surface area contributed by atoms with Gasteiger partial charge in [0, 0.05) is 17.0 Å². The Morgan fingerprint density at radius 3 is 1.88 bits per heavy atom. The molecule has 3 N–H and O–H groups in total. The molecule has 0 heterocycles. The van der Waals surface area contributed by atoms with Crippen molar-refractivity contribution in [2.75, 3.05) is 6.26 Å². The van der Waals surface area contributed by atoms with Gasteiger partial charge in [0.1, 0.15) is 28.6 Å². The third-order valence-electron chi connectivity index (χ3n) is 5.21. The van der Waals surface area contributed by atoms with Crippen molar-refractivity contribution in [3.63, 3.8) is 0 Å². The normalized spacial score (nSPS) is 11.7. The summed E-state index contributed by atoms with van der Waals surface area (Å²) in [5, 5.41) is 29.3. The van der Waals surface area contributed by atoms with Crippen LogP contribution in [0.3, 0.4) is 0 Å². The number of hydrogen-bond donors (Lipinski definition) is 3. The van der Waals surface area contributed by atoms with E-state index in [9.17, 15) is 20.1 Å². The summed E-state index contributed by atoms with van der Waals surface area (Å²) in [4.78, 5) is 15.0. The summed E-state index contributed by atoms with van der Waals surface area (Å²) in [5.41, 5.74) is -0.408. The first-order valence-electron chi connectivity index (χ1n) is 9.85. The van der Waals surface area contributed by atoms with Crippen molar-refractivity contribution < 1.29 is 24.9 Å². The second-order valence-electron chi connectivity index (χ2n) is 7.26. The van der Waals surface area contributed by atoms with Crippen molar-refractivity contribution in [1.82, 2.24) is 0 Å². The summed E-state index contributed by atoms with van der Waals surface area (Å²) in [6.45, 7) is 0. The molecule has 0 spiro atoms. The Morgan fingerprint density at radius 1 is 0.750 bits per heavy atom. The van der Waals surface area contributed by atoms with Crippen LogP contribution in [0.1, 0.15) is 10.4 Å². The van der Waals surface area contributed by atoms with Crippen LogP contribution in [0.4, 0.5) is 0 Å². The van der Waals surface area contributed by atoms with Gasteiger partial charge in [0.15, 0.2) is 0 Å². The average Bonchev–Trinajstić information content (AvgIpc) is 2.79. The molecule has 162 valence electrons. The van der Waals surface area contributed by atoms with Crippen molar-refractivity contribution in [2.24, 2.45) is 0 Å². The first kappa shape index (κ1) is 21.3. The first-order valence-corrected chi connectivity index (χ1v) is 11.9. The molecule has 0 aliphatic carbocycles. The summed E-state index contributed by atoms with van der Waals surface area (Å²) in [5.74, 6) is -1.93. The quantitative estimate of drug-likeness (QED) is 0.315. The van der Waals surface area contributed by atoms with E-state index in [2.05, 4.69) is 30.5 Å². The molecular formula is C26H22O5S. The maximum Gasteiger partial charge on any atom is 0.343 e. The second-order valence-corrected chi connectivity index (χ2v) is 10.5. The predicted octanol–water partition coefficient (Wildman–Crippen LogP) is 6.50.